The van der Waals surface area contributed by atoms with Gasteiger partial charge in [0.05, 0.1) is 0 Å². The first-order valence-corrected chi connectivity index (χ1v) is 7.58. The highest BCUT2D eigenvalue weighted by Crippen LogP contribution is 2.26. The van der Waals surface area contributed by atoms with Crippen LogP contribution in [0.5, 0.6) is 0 Å². The molecule has 84 valence electrons. The number of thiophene rings is 1. The molecule has 16 heavy (non-hydrogen) atoms. The maximum Gasteiger partial charge on any atom is 0.179 e. The third-order valence-electron chi connectivity index (χ3n) is 2.17. The Kier molecular flexibility index (Phi) is 2.82. The van der Waals surface area contributed by atoms with Crippen molar-refractivity contribution in [2.45, 2.75) is 0 Å². The summed E-state index contributed by atoms with van der Waals surface area (Å²) < 4.78 is 23.1. The highest BCUT2D eigenvalue weighted by Gasteiger charge is 2.16. The van der Waals surface area contributed by atoms with Gasteiger partial charge in [-0.1, -0.05) is 18.2 Å². The second-order valence-corrected chi connectivity index (χ2v) is 6.69. The van der Waals surface area contributed by atoms with Gasteiger partial charge in [0.15, 0.2) is 15.6 Å². The lowest BCUT2D eigenvalue weighted by Gasteiger charge is -1.97. The van der Waals surface area contributed by atoms with Gasteiger partial charge in [0, 0.05) is 27.3 Å². The molecule has 2 rings (SSSR count). The monoisotopic (exact) mass is 254 g/mol. The van der Waals surface area contributed by atoms with Gasteiger partial charge in [-0.25, -0.2) is 8.42 Å². The maximum atomic E-state index is 11.8. The predicted octanol–water partition coefficient (Wildman–Crippen LogP) is 2.13. The van der Waals surface area contributed by atoms with Crippen molar-refractivity contribution < 1.29 is 13.2 Å². The molecule has 0 aliphatic heterocycles. The Labute approximate surface area is 97.6 Å². The fraction of sp³-hybridized carbons (Fsp3) is 0.182. The molecule has 2 aromatic rings. The summed E-state index contributed by atoms with van der Waals surface area (Å²) in [6, 6.07) is 7.48. The minimum Gasteiger partial charge on any atom is -0.293 e. The fourth-order valence-corrected chi connectivity index (χ4v) is 3.11. The number of carbonyl (C=O) groups is 1. The van der Waals surface area contributed by atoms with Crippen LogP contribution in [0.25, 0.3) is 10.1 Å². The van der Waals surface area contributed by atoms with Crippen molar-refractivity contribution in [1.29, 1.82) is 0 Å². The van der Waals surface area contributed by atoms with Crippen LogP contribution in [0.15, 0.2) is 29.6 Å². The van der Waals surface area contributed by atoms with Gasteiger partial charge in [0.1, 0.15) is 5.75 Å². The predicted molar refractivity (Wildman–Crippen MR) is 65.9 cm³/mol. The van der Waals surface area contributed by atoms with Crippen LogP contribution in [-0.2, 0) is 9.84 Å². The Morgan fingerprint density at radius 1 is 1.31 bits per heavy atom. The number of hydrogen-bond acceptors (Lipinski definition) is 4. The summed E-state index contributed by atoms with van der Waals surface area (Å²) in [5.41, 5.74) is 0.506. The molecule has 0 spiro atoms. The highest BCUT2D eigenvalue weighted by atomic mass is 32.2. The van der Waals surface area contributed by atoms with Gasteiger partial charge in [-0.3, -0.25) is 4.79 Å². The van der Waals surface area contributed by atoms with E-state index in [1.165, 1.54) is 11.3 Å². The molecule has 1 aromatic carbocycles. The number of benzene rings is 1. The van der Waals surface area contributed by atoms with Crippen LogP contribution in [0.4, 0.5) is 0 Å². The summed E-state index contributed by atoms with van der Waals surface area (Å²) >= 11 is 1.45. The normalized spacial score (nSPS) is 11.8. The molecule has 0 aliphatic carbocycles. The van der Waals surface area contributed by atoms with Gasteiger partial charge >= 0.3 is 0 Å². The molecule has 3 nitrogen and oxygen atoms in total. The Morgan fingerprint density at radius 3 is 2.69 bits per heavy atom. The third kappa shape index (κ3) is 2.31. The van der Waals surface area contributed by atoms with Crippen molar-refractivity contribution in [2.24, 2.45) is 0 Å². The molecule has 0 aliphatic rings. The van der Waals surface area contributed by atoms with Crippen molar-refractivity contribution in [3.05, 3.63) is 35.2 Å². The molecule has 1 aromatic heterocycles. The number of hydrogen-bond donors (Lipinski definition) is 0. The van der Waals surface area contributed by atoms with Crippen LogP contribution in [0, 0.1) is 0 Å². The van der Waals surface area contributed by atoms with Gasteiger partial charge in [-0.15, -0.1) is 11.3 Å². The largest absolute Gasteiger partial charge is 0.293 e. The number of Topliss-reactive ketones (excluding diaryl/α,β-unsaturated/α-hetero) is 1. The standard InChI is InChI=1S/C11H10O3S2/c1-16(13,14)7-10(12)9-6-15-11-5-3-2-4-8(9)11/h2-6H,7H2,1H3. The lowest BCUT2D eigenvalue weighted by Crippen LogP contribution is -2.14. The van der Waals surface area contributed by atoms with E-state index in [2.05, 4.69) is 0 Å². The van der Waals surface area contributed by atoms with Crippen LogP contribution in [-0.4, -0.2) is 26.2 Å². The number of rotatable bonds is 3. The van der Waals surface area contributed by atoms with Gasteiger partial charge in [-0.05, 0) is 6.07 Å². The maximum absolute atomic E-state index is 11.8. The van der Waals surface area contributed by atoms with Crippen LogP contribution < -0.4 is 0 Å². The third-order valence-corrected chi connectivity index (χ3v) is 3.92. The first-order chi connectivity index (χ1) is 7.47. The quantitative estimate of drug-likeness (QED) is 0.788. The first-order valence-electron chi connectivity index (χ1n) is 4.64. The van der Waals surface area contributed by atoms with Crippen LogP contribution >= 0.6 is 11.3 Å². The van der Waals surface area contributed by atoms with E-state index in [0.29, 0.717) is 5.56 Å². The van der Waals surface area contributed by atoms with Crippen molar-refractivity contribution >= 4 is 37.0 Å². The average Bonchev–Trinajstić information content (AvgIpc) is 2.58. The molecule has 0 saturated carbocycles. The molecule has 0 saturated heterocycles. The lowest BCUT2D eigenvalue weighted by molar-refractivity contribution is 0.102. The smallest absolute Gasteiger partial charge is 0.179 e. The highest BCUT2D eigenvalue weighted by molar-refractivity contribution is 7.91. The zero-order valence-corrected chi connectivity index (χ0v) is 10.3. The molecule has 0 amide bonds. The van der Waals surface area contributed by atoms with Gasteiger partial charge in [0.25, 0.3) is 0 Å². The summed E-state index contributed by atoms with van der Waals surface area (Å²) in [5.74, 6) is -0.756. The number of sulfone groups is 1. The minimum atomic E-state index is -3.26. The van der Waals surface area contributed by atoms with E-state index in [1.807, 2.05) is 24.3 Å². The summed E-state index contributed by atoms with van der Waals surface area (Å²) in [4.78, 5) is 11.8. The zero-order chi connectivity index (χ0) is 11.8. The van der Waals surface area contributed by atoms with Crippen molar-refractivity contribution in [2.75, 3.05) is 12.0 Å². The van der Waals surface area contributed by atoms with Gasteiger partial charge in [-0.2, -0.15) is 0 Å². The Hall–Kier alpha value is -1.20. The Morgan fingerprint density at radius 2 is 2.00 bits per heavy atom. The molecule has 0 radical (unpaired) electrons. The summed E-state index contributed by atoms with van der Waals surface area (Å²) in [6.07, 6.45) is 1.07. The molecular formula is C11H10O3S2. The number of carbonyl (C=O) groups excluding carboxylic acids is 1. The first kappa shape index (κ1) is 11.3. The SMILES string of the molecule is CS(=O)(=O)CC(=O)c1csc2ccccc12. The minimum absolute atomic E-state index is 0.333. The number of ketones is 1. The topological polar surface area (TPSA) is 51.2 Å². The summed E-state index contributed by atoms with van der Waals surface area (Å²) in [7, 11) is -3.26. The molecule has 0 unspecified atom stereocenters. The molecule has 5 heteroatoms. The molecular weight excluding hydrogens is 244 g/mol. The van der Waals surface area contributed by atoms with E-state index >= 15 is 0 Å². The van der Waals surface area contributed by atoms with Crippen molar-refractivity contribution in [3.8, 4) is 0 Å². The van der Waals surface area contributed by atoms with E-state index in [4.69, 9.17) is 0 Å². The van der Waals surface area contributed by atoms with Gasteiger partial charge < -0.3 is 0 Å². The van der Waals surface area contributed by atoms with E-state index in [9.17, 15) is 13.2 Å². The van der Waals surface area contributed by atoms with Gasteiger partial charge in [0.2, 0.25) is 0 Å². The van der Waals surface area contributed by atoms with Crippen LogP contribution in [0.2, 0.25) is 0 Å². The lowest BCUT2D eigenvalue weighted by atomic mass is 10.1. The van der Waals surface area contributed by atoms with E-state index in [1.54, 1.807) is 5.38 Å². The van der Waals surface area contributed by atoms with Crippen LogP contribution in [0.3, 0.4) is 0 Å². The summed E-state index contributed by atoms with van der Waals surface area (Å²) in [5, 5.41) is 2.55. The molecule has 0 N–H and O–H groups in total. The van der Waals surface area contributed by atoms with E-state index < -0.39 is 15.6 Å². The molecule has 0 bridgehead atoms. The molecule has 0 atom stereocenters. The summed E-state index contributed by atoms with van der Waals surface area (Å²) in [6.45, 7) is 0. The number of fused-ring (bicyclic) bond motifs is 1. The fourth-order valence-electron chi connectivity index (χ4n) is 1.51. The van der Waals surface area contributed by atoms with Crippen LogP contribution in [0.1, 0.15) is 10.4 Å². The molecule has 0 fully saturated rings. The Bertz CT molecular complexity index is 638. The second kappa shape index (κ2) is 3.99. The molecule has 1 heterocycles. The second-order valence-electron chi connectivity index (χ2n) is 3.64. The average molecular weight is 254 g/mol. The van der Waals surface area contributed by atoms with Crippen molar-refractivity contribution in [1.82, 2.24) is 0 Å². The Balaban J connectivity index is 2.45. The van der Waals surface area contributed by atoms with E-state index in [-0.39, 0.29) is 5.78 Å². The zero-order valence-electron chi connectivity index (χ0n) is 8.64. The van der Waals surface area contributed by atoms with Crippen molar-refractivity contribution in [3.63, 3.8) is 0 Å². The van der Waals surface area contributed by atoms with E-state index in [0.717, 1.165) is 16.3 Å².